The number of nitrogens with two attached hydrogens (primary N) is 1. The Balaban J connectivity index is 2.52. The van der Waals surface area contributed by atoms with Gasteiger partial charge < -0.3 is 10.5 Å². The first kappa shape index (κ1) is 7.31. The van der Waals surface area contributed by atoms with Crippen molar-refractivity contribution in [2.24, 2.45) is 10.7 Å². The fraction of sp³-hybridized carbons (Fsp3) is 0.833. The fourth-order valence-corrected chi connectivity index (χ4v) is 0.994. The van der Waals surface area contributed by atoms with Crippen molar-refractivity contribution in [3.05, 3.63) is 0 Å². The molecule has 0 aromatic heterocycles. The monoisotopic (exact) mass is 146 g/mol. The Morgan fingerprint density at radius 3 is 3.10 bits per heavy atom. The first-order chi connectivity index (χ1) is 4.72. The third-order valence-corrected chi connectivity index (χ3v) is 1.41. The lowest BCUT2D eigenvalue weighted by Gasteiger charge is -2.22. The largest absolute Gasteiger partial charge is 0.459 e. The minimum Gasteiger partial charge on any atom is -0.459 e. The van der Waals surface area contributed by atoms with Crippen LogP contribution in [0.1, 0.15) is 13.3 Å². The summed E-state index contributed by atoms with van der Waals surface area (Å²) in [4.78, 5) is 3.89. The van der Waals surface area contributed by atoms with Gasteiger partial charge in [0, 0.05) is 6.42 Å². The lowest BCUT2D eigenvalue weighted by atomic mass is 10.1. The maximum atomic E-state index is 12.0. The van der Waals surface area contributed by atoms with Gasteiger partial charge in [-0.25, -0.2) is 9.38 Å². The zero-order chi connectivity index (χ0) is 7.56. The van der Waals surface area contributed by atoms with Crippen molar-refractivity contribution in [2.45, 2.75) is 25.5 Å². The average Bonchev–Trinajstić information content (AvgIpc) is 1.85. The Labute approximate surface area is 59.1 Å². The number of ether oxygens (including phenoxy) is 1. The molecular weight excluding hydrogens is 135 g/mol. The van der Waals surface area contributed by atoms with Crippen LogP contribution in [0.2, 0.25) is 0 Å². The highest BCUT2D eigenvalue weighted by Gasteiger charge is 2.19. The van der Waals surface area contributed by atoms with Crippen molar-refractivity contribution < 1.29 is 9.13 Å². The summed E-state index contributed by atoms with van der Waals surface area (Å²) in [6.45, 7) is 1.40. The summed E-state index contributed by atoms with van der Waals surface area (Å²) in [5, 5.41) is 0. The second kappa shape index (κ2) is 2.86. The predicted molar refractivity (Wildman–Crippen MR) is 36.5 cm³/mol. The van der Waals surface area contributed by atoms with Gasteiger partial charge in [-0.15, -0.1) is 0 Å². The molecule has 4 heteroatoms. The number of hydrogen-bond acceptors (Lipinski definition) is 3. The van der Waals surface area contributed by atoms with Crippen molar-refractivity contribution in [2.75, 3.05) is 6.67 Å². The van der Waals surface area contributed by atoms with Gasteiger partial charge >= 0.3 is 0 Å². The Bertz CT molecular complexity index is 149. The van der Waals surface area contributed by atoms with E-state index in [9.17, 15) is 4.39 Å². The molecule has 58 valence electrons. The quantitative estimate of drug-likeness (QED) is 0.583. The molecule has 0 unspecified atom stereocenters. The van der Waals surface area contributed by atoms with Gasteiger partial charge in [0.05, 0.1) is 6.04 Å². The second-order valence-electron chi connectivity index (χ2n) is 2.45. The Morgan fingerprint density at radius 1 is 1.90 bits per heavy atom. The highest BCUT2D eigenvalue weighted by Crippen LogP contribution is 2.11. The molecule has 1 rings (SSSR count). The van der Waals surface area contributed by atoms with Crippen LogP contribution in [0.25, 0.3) is 0 Å². The molecule has 0 aromatic rings. The summed E-state index contributed by atoms with van der Waals surface area (Å²) in [6.07, 6.45) is 0.240. The topological polar surface area (TPSA) is 47.6 Å². The molecule has 0 aliphatic carbocycles. The summed E-state index contributed by atoms with van der Waals surface area (Å²) in [7, 11) is 0. The average molecular weight is 146 g/mol. The number of hydrogen-bond donors (Lipinski definition) is 1. The summed E-state index contributed by atoms with van der Waals surface area (Å²) in [5.74, 6) is 0. The molecule has 0 fully saturated rings. The minimum absolute atomic E-state index is 0.0921. The van der Waals surface area contributed by atoms with Crippen molar-refractivity contribution in [3.63, 3.8) is 0 Å². The van der Waals surface area contributed by atoms with Gasteiger partial charge in [0.15, 0.2) is 0 Å². The first-order valence-corrected chi connectivity index (χ1v) is 3.28. The van der Waals surface area contributed by atoms with Crippen LogP contribution in [0.4, 0.5) is 4.39 Å². The lowest BCUT2D eigenvalue weighted by Crippen LogP contribution is -2.34. The maximum Gasteiger partial charge on any atom is 0.282 e. The SMILES string of the molecule is C[C@H]1C[C@@H](CF)OC(N)=N1. The summed E-state index contributed by atoms with van der Waals surface area (Å²) < 4.78 is 16.8. The van der Waals surface area contributed by atoms with Gasteiger partial charge in [-0.3, -0.25) is 0 Å². The number of nitrogens with zero attached hydrogens (tertiary/aromatic N) is 1. The van der Waals surface area contributed by atoms with E-state index in [4.69, 9.17) is 10.5 Å². The smallest absolute Gasteiger partial charge is 0.282 e. The van der Waals surface area contributed by atoms with E-state index in [0.717, 1.165) is 0 Å². The maximum absolute atomic E-state index is 12.0. The summed E-state index contributed by atoms with van der Waals surface area (Å²) in [6, 6.07) is 0.205. The molecule has 1 aliphatic rings. The second-order valence-corrected chi connectivity index (χ2v) is 2.45. The zero-order valence-corrected chi connectivity index (χ0v) is 5.88. The molecule has 1 aliphatic heterocycles. The molecule has 3 nitrogen and oxygen atoms in total. The molecule has 0 saturated carbocycles. The summed E-state index contributed by atoms with van der Waals surface area (Å²) in [5.41, 5.74) is 5.25. The van der Waals surface area contributed by atoms with Crippen molar-refractivity contribution in [1.29, 1.82) is 0 Å². The predicted octanol–water partition coefficient (Wildman–Crippen LogP) is 0.448. The van der Waals surface area contributed by atoms with Crippen molar-refractivity contribution in [1.82, 2.24) is 0 Å². The van der Waals surface area contributed by atoms with Gasteiger partial charge in [0.2, 0.25) is 0 Å². The third-order valence-electron chi connectivity index (χ3n) is 1.41. The number of alkyl halides is 1. The molecule has 2 atom stereocenters. The Hall–Kier alpha value is -0.800. The van der Waals surface area contributed by atoms with Gasteiger partial charge in [0.1, 0.15) is 12.8 Å². The van der Waals surface area contributed by atoms with Crippen LogP contribution in [-0.2, 0) is 4.74 Å². The number of amidine groups is 1. The highest BCUT2D eigenvalue weighted by atomic mass is 19.1. The molecule has 0 bridgehead atoms. The Morgan fingerprint density at radius 2 is 2.60 bits per heavy atom. The molecule has 10 heavy (non-hydrogen) atoms. The normalized spacial score (nSPS) is 32.8. The molecule has 0 aromatic carbocycles. The molecule has 0 spiro atoms. The van der Waals surface area contributed by atoms with Crippen LogP contribution in [0, 0.1) is 0 Å². The number of halogens is 1. The third kappa shape index (κ3) is 1.59. The van der Waals surface area contributed by atoms with Crippen LogP contribution in [0.15, 0.2) is 4.99 Å². The first-order valence-electron chi connectivity index (χ1n) is 3.28. The lowest BCUT2D eigenvalue weighted by molar-refractivity contribution is 0.119. The van der Waals surface area contributed by atoms with Crippen LogP contribution < -0.4 is 5.73 Å². The van der Waals surface area contributed by atoms with E-state index in [1.165, 1.54) is 0 Å². The van der Waals surface area contributed by atoms with Crippen LogP contribution in [0.3, 0.4) is 0 Å². The van der Waals surface area contributed by atoms with E-state index >= 15 is 0 Å². The molecule has 1 heterocycles. The molecule has 2 N–H and O–H groups in total. The van der Waals surface area contributed by atoms with Crippen LogP contribution in [0.5, 0.6) is 0 Å². The van der Waals surface area contributed by atoms with E-state index in [1.54, 1.807) is 0 Å². The van der Waals surface area contributed by atoms with E-state index < -0.39 is 6.67 Å². The fourth-order valence-electron chi connectivity index (χ4n) is 0.994. The highest BCUT2D eigenvalue weighted by molar-refractivity contribution is 5.72. The number of rotatable bonds is 1. The zero-order valence-electron chi connectivity index (χ0n) is 5.88. The van der Waals surface area contributed by atoms with Gasteiger partial charge in [-0.2, -0.15) is 0 Å². The van der Waals surface area contributed by atoms with Gasteiger partial charge in [-0.05, 0) is 6.92 Å². The standard InChI is InChI=1S/C6H11FN2O/c1-4-2-5(3-7)10-6(8)9-4/h4-5H,2-3H2,1H3,(H2,8,9)/t4-,5-/m0/s1. The molecule has 0 amide bonds. The van der Waals surface area contributed by atoms with Gasteiger partial charge in [-0.1, -0.05) is 0 Å². The molecule has 0 radical (unpaired) electrons. The number of aliphatic imine (C=N–C) groups is 1. The van der Waals surface area contributed by atoms with E-state index in [1.807, 2.05) is 6.92 Å². The van der Waals surface area contributed by atoms with Crippen molar-refractivity contribution in [3.8, 4) is 0 Å². The minimum atomic E-state index is -0.486. The van der Waals surface area contributed by atoms with Crippen LogP contribution in [-0.4, -0.2) is 24.8 Å². The molecular formula is C6H11FN2O. The van der Waals surface area contributed by atoms with E-state index in [-0.39, 0.29) is 18.2 Å². The molecule has 0 saturated heterocycles. The van der Waals surface area contributed by atoms with E-state index in [2.05, 4.69) is 4.99 Å². The van der Waals surface area contributed by atoms with Gasteiger partial charge in [0.25, 0.3) is 6.02 Å². The van der Waals surface area contributed by atoms with E-state index in [0.29, 0.717) is 6.42 Å². The Kier molecular flexibility index (Phi) is 2.09. The van der Waals surface area contributed by atoms with Crippen molar-refractivity contribution >= 4 is 6.02 Å². The summed E-state index contributed by atoms with van der Waals surface area (Å²) >= 11 is 0. The van der Waals surface area contributed by atoms with Crippen LogP contribution >= 0.6 is 0 Å².